The van der Waals surface area contributed by atoms with Gasteiger partial charge >= 0.3 is 0 Å². The van der Waals surface area contributed by atoms with Crippen LogP contribution in [0, 0.1) is 0 Å². The van der Waals surface area contributed by atoms with Gasteiger partial charge in [0, 0.05) is 18.7 Å². The number of nitrogens with zero attached hydrogens (tertiary/aromatic N) is 1. The molecule has 2 aromatic rings. The molecular weight excluding hydrogens is 432 g/mol. The molecule has 0 radical (unpaired) electrons. The molecule has 8 nitrogen and oxygen atoms in total. The summed E-state index contributed by atoms with van der Waals surface area (Å²) in [5.41, 5.74) is 1.31. The number of amides is 3. The van der Waals surface area contributed by atoms with Gasteiger partial charge in [0.2, 0.25) is 5.91 Å². The van der Waals surface area contributed by atoms with Crippen molar-refractivity contribution in [2.45, 2.75) is 13.3 Å². The molecule has 0 bridgehead atoms. The summed E-state index contributed by atoms with van der Waals surface area (Å²) in [5, 5.41) is 2.34. The van der Waals surface area contributed by atoms with Crippen molar-refractivity contribution >= 4 is 40.6 Å². The number of hydrogen-bond acceptors (Lipinski definition) is 7. The van der Waals surface area contributed by atoms with Crippen molar-refractivity contribution in [2.24, 2.45) is 0 Å². The number of benzene rings is 2. The molecule has 1 aliphatic heterocycles. The third-order valence-corrected chi connectivity index (χ3v) is 5.50. The number of nitrogens with one attached hydrogen (secondary N) is 1. The van der Waals surface area contributed by atoms with E-state index in [0.717, 1.165) is 16.7 Å². The van der Waals surface area contributed by atoms with Crippen LogP contribution < -0.4 is 19.5 Å². The number of carbonyl (C=O) groups is 3. The maximum Gasteiger partial charge on any atom is 0.293 e. The molecule has 1 N–H and O–H groups in total. The van der Waals surface area contributed by atoms with Crippen LogP contribution in [0.15, 0.2) is 47.4 Å². The predicted molar refractivity (Wildman–Crippen MR) is 123 cm³/mol. The second kappa shape index (κ2) is 10.7. The first kappa shape index (κ1) is 23.2. The number of hydrogen-bond donors (Lipinski definition) is 1. The molecule has 1 fully saturated rings. The first-order valence-electron chi connectivity index (χ1n) is 9.95. The van der Waals surface area contributed by atoms with E-state index in [-0.39, 0.29) is 23.8 Å². The number of methoxy groups -OCH3 is 2. The lowest BCUT2D eigenvalue weighted by Gasteiger charge is -2.12. The molecule has 32 heavy (non-hydrogen) atoms. The Morgan fingerprint density at radius 1 is 1.06 bits per heavy atom. The van der Waals surface area contributed by atoms with Gasteiger partial charge in [0.05, 0.1) is 25.7 Å². The van der Waals surface area contributed by atoms with E-state index in [2.05, 4.69) is 5.32 Å². The van der Waals surface area contributed by atoms with Crippen LogP contribution in [0.5, 0.6) is 17.2 Å². The number of imide groups is 1. The highest BCUT2D eigenvalue weighted by Crippen LogP contribution is 2.34. The normalized spacial score (nSPS) is 14.6. The standard InChI is InChI=1S/C23H24N2O6S/c1-4-31-17-8-6-16(7-9-17)24-21(26)11-12-25-22(27)20(32-23(25)28)14-15-5-10-18(29-2)19(13-15)30-3/h5-10,13-14H,4,11-12H2,1-3H3,(H,24,26). The zero-order valence-corrected chi connectivity index (χ0v) is 18.9. The molecule has 0 atom stereocenters. The van der Waals surface area contributed by atoms with Crippen LogP contribution in [-0.2, 0) is 9.59 Å². The third kappa shape index (κ3) is 5.61. The maximum atomic E-state index is 12.7. The lowest BCUT2D eigenvalue weighted by molar-refractivity contribution is -0.123. The number of carbonyl (C=O) groups excluding carboxylic acids is 3. The highest BCUT2D eigenvalue weighted by molar-refractivity contribution is 8.18. The van der Waals surface area contributed by atoms with Crippen LogP contribution in [0.3, 0.4) is 0 Å². The number of ether oxygens (including phenoxy) is 3. The van der Waals surface area contributed by atoms with Gasteiger partial charge in [0.15, 0.2) is 11.5 Å². The Kier molecular flexibility index (Phi) is 7.77. The molecule has 0 unspecified atom stereocenters. The Balaban J connectivity index is 1.60. The fourth-order valence-electron chi connectivity index (χ4n) is 3.02. The summed E-state index contributed by atoms with van der Waals surface area (Å²) in [6, 6.07) is 12.2. The SMILES string of the molecule is CCOc1ccc(NC(=O)CCN2C(=O)SC(=Cc3ccc(OC)c(OC)c3)C2=O)cc1. The van der Waals surface area contributed by atoms with E-state index < -0.39 is 11.1 Å². The molecule has 3 rings (SSSR count). The minimum Gasteiger partial charge on any atom is -0.494 e. The summed E-state index contributed by atoms with van der Waals surface area (Å²) < 4.78 is 15.8. The fraction of sp³-hybridized carbons (Fsp3) is 0.261. The predicted octanol–water partition coefficient (Wildman–Crippen LogP) is 4.17. The zero-order chi connectivity index (χ0) is 23.1. The summed E-state index contributed by atoms with van der Waals surface area (Å²) in [6.45, 7) is 2.45. The van der Waals surface area contributed by atoms with Crippen LogP contribution in [-0.4, -0.2) is 49.3 Å². The van der Waals surface area contributed by atoms with Gasteiger partial charge in [-0.15, -0.1) is 0 Å². The van der Waals surface area contributed by atoms with E-state index in [1.807, 2.05) is 6.92 Å². The van der Waals surface area contributed by atoms with Crippen LogP contribution >= 0.6 is 11.8 Å². The van der Waals surface area contributed by atoms with E-state index in [9.17, 15) is 14.4 Å². The number of anilines is 1. The van der Waals surface area contributed by atoms with Crippen LogP contribution in [0.2, 0.25) is 0 Å². The highest BCUT2D eigenvalue weighted by atomic mass is 32.2. The third-order valence-electron chi connectivity index (χ3n) is 4.59. The smallest absolute Gasteiger partial charge is 0.293 e. The molecule has 2 aromatic carbocycles. The van der Waals surface area contributed by atoms with Gasteiger partial charge in [-0.1, -0.05) is 6.07 Å². The van der Waals surface area contributed by atoms with Crippen LogP contribution in [0.1, 0.15) is 18.9 Å². The van der Waals surface area contributed by atoms with Crippen molar-refractivity contribution in [3.8, 4) is 17.2 Å². The molecule has 3 amide bonds. The highest BCUT2D eigenvalue weighted by Gasteiger charge is 2.35. The summed E-state index contributed by atoms with van der Waals surface area (Å²) in [4.78, 5) is 38.6. The van der Waals surface area contributed by atoms with Gasteiger partial charge in [-0.25, -0.2) is 0 Å². The van der Waals surface area contributed by atoms with E-state index in [4.69, 9.17) is 14.2 Å². The lowest BCUT2D eigenvalue weighted by atomic mass is 10.2. The molecule has 1 heterocycles. The Morgan fingerprint density at radius 2 is 1.78 bits per heavy atom. The maximum absolute atomic E-state index is 12.7. The molecule has 0 saturated carbocycles. The Morgan fingerprint density at radius 3 is 2.44 bits per heavy atom. The molecule has 1 saturated heterocycles. The summed E-state index contributed by atoms with van der Waals surface area (Å²) in [7, 11) is 3.06. The number of thioether (sulfide) groups is 1. The lowest BCUT2D eigenvalue weighted by Crippen LogP contribution is -2.31. The Labute approximate surface area is 190 Å². The Bertz CT molecular complexity index is 1040. The average molecular weight is 457 g/mol. The molecular formula is C23H24N2O6S. The van der Waals surface area contributed by atoms with Crippen molar-refractivity contribution in [1.29, 1.82) is 0 Å². The molecule has 168 valence electrons. The van der Waals surface area contributed by atoms with Crippen molar-refractivity contribution in [3.05, 3.63) is 52.9 Å². The van der Waals surface area contributed by atoms with Crippen molar-refractivity contribution in [1.82, 2.24) is 4.90 Å². The molecule has 1 aliphatic rings. The van der Waals surface area contributed by atoms with E-state index in [0.29, 0.717) is 35.1 Å². The monoisotopic (exact) mass is 456 g/mol. The van der Waals surface area contributed by atoms with Crippen molar-refractivity contribution < 1.29 is 28.6 Å². The van der Waals surface area contributed by atoms with Crippen molar-refractivity contribution in [3.63, 3.8) is 0 Å². The molecule has 0 aromatic heterocycles. The van der Waals surface area contributed by atoms with E-state index in [1.165, 1.54) is 14.2 Å². The second-order valence-corrected chi connectivity index (χ2v) is 7.70. The summed E-state index contributed by atoms with van der Waals surface area (Å²) in [5.74, 6) is 1.08. The molecule has 0 aliphatic carbocycles. The van der Waals surface area contributed by atoms with E-state index in [1.54, 1.807) is 48.5 Å². The summed E-state index contributed by atoms with van der Waals surface area (Å²) >= 11 is 0.843. The minimum absolute atomic E-state index is 0.00317. The fourth-order valence-corrected chi connectivity index (χ4v) is 3.89. The summed E-state index contributed by atoms with van der Waals surface area (Å²) in [6.07, 6.45) is 1.61. The topological polar surface area (TPSA) is 94.2 Å². The Hall–Kier alpha value is -3.46. The van der Waals surface area contributed by atoms with Gasteiger partial charge in [-0.2, -0.15) is 0 Å². The van der Waals surface area contributed by atoms with Gasteiger partial charge in [0.1, 0.15) is 5.75 Å². The van der Waals surface area contributed by atoms with E-state index >= 15 is 0 Å². The van der Waals surface area contributed by atoms with Gasteiger partial charge in [-0.3, -0.25) is 19.3 Å². The first-order valence-corrected chi connectivity index (χ1v) is 10.8. The molecule has 9 heteroatoms. The first-order chi connectivity index (χ1) is 15.4. The van der Waals surface area contributed by atoms with Crippen LogP contribution in [0.25, 0.3) is 6.08 Å². The zero-order valence-electron chi connectivity index (χ0n) is 18.0. The quantitative estimate of drug-likeness (QED) is 0.566. The van der Waals surface area contributed by atoms with Crippen molar-refractivity contribution in [2.75, 3.05) is 32.7 Å². The number of rotatable bonds is 9. The van der Waals surface area contributed by atoms with Gasteiger partial charge in [0.25, 0.3) is 11.1 Å². The largest absolute Gasteiger partial charge is 0.494 e. The minimum atomic E-state index is -0.427. The molecule has 0 spiro atoms. The van der Waals surface area contributed by atoms with Gasteiger partial charge < -0.3 is 19.5 Å². The van der Waals surface area contributed by atoms with Gasteiger partial charge in [-0.05, 0) is 66.7 Å². The second-order valence-electron chi connectivity index (χ2n) is 6.70. The van der Waals surface area contributed by atoms with Crippen LogP contribution in [0.4, 0.5) is 10.5 Å². The average Bonchev–Trinajstić information content (AvgIpc) is 3.06.